The molecule has 3 amide bonds. The second-order valence-corrected chi connectivity index (χ2v) is 6.58. The lowest BCUT2D eigenvalue weighted by Gasteiger charge is -2.27. The third-order valence-electron chi connectivity index (χ3n) is 4.79. The zero-order valence-electron chi connectivity index (χ0n) is 14.7. The molecule has 1 saturated heterocycles. The number of nitrogens with zero attached hydrogens (tertiary/aromatic N) is 3. The van der Waals surface area contributed by atoms with E-state index in [0.717, 1.165) is 18.5 Å². The van der Waals surface area contributed by atoms with Crippen LogP contribution in [0, 0.1) is 6.92 Å². The van der Waals surface area contributed by atoms with Crippen molar-refractivity contribution >= 4 is 23.3 Å². The Hall–Kier alpha value is -3.03. The van der Waals surface area contributed by atoms with Crippen LogP contribution in [0.3, 0.4) is 0 Å². The zero-order valence-corrected chi connectivity index (χ0v) is 14.7. The van der Waals surface area contributed by atoms with Crippen molar-refractivity contribution in [2.75, 3.05) is 30.4 Å². The Bertz CT molecular complexity index is 863. The number of hydrogen-bond donors (Lipinski definition) is 1. The summed E-state index contributed by atoms with van der Waals surface area (Å²) in [5.41, 5.74) is 2.05. The molecule has 1 atom stereocenters. The van der Waals surface area contributed by atoms with Gasteiger partial charge in [-0.05, 0) is 38.0 Å². The van der Waals surface area contributed by atoms with Crippen molar-refractivity contribution in [3.63, 3.8) is 0 Å². The van der Waals surface area contributed by atoms with Crippen LogP contribution in [0.2, 0.25) is 0 Å². The quantitative estimate of drug-likeness (QED) is 0.894. The van der Waals surface area contributed by atoms with Gasteiger partial charge in [-0.3, -0.25) is 4.79 Å². The molecule has 0 unspecified atom stereocenters. The number of anilines is 2. The first-order chi connectivity index (χ1) is 12.5. The molecule has 2 aromatic rings. The number of amides is 3. The molecule has 0 bridgehead atoms. The van der Waals surface area contributed by atoms with Crippen LogP contribution in [-0.2, 0) is 4.79 Å². The Morgan fingerprint density at radius 2 is 2.19 bits per heavy atom. The first-order valence-corrected chi connectivity index (χ1v) is 8.57. The van der Waals surface area contributed by atoms with Crippen LogP contribution in [-0.4, -0.2) is 42.2 Å². The van der Waals surface area contributed by atoms with E-state index in [-0.39, 0.29) is 24.6 Å². The Morgan fingerprint density at radius 3 is 2.96 bits per heavy atom. The molecule has 1 N–H and O–H groups in total. The molecule has 8 nitrogen and oxygen atoms in total. The van der Waals surface area contributed by atoms with Gasteiger partial charge in [-0.15, -0.1) is 0 Å². The van der Waals surface area contributed by atoms with E-state index in [1.165, 1.54) is 4.90 Å². The van der Waals surface area contributed by atoms with Gasteiger partial charge in [0, 0.05) is 25.3 Å². The maximum absolute atomic E-state index is 12.8. The average molecular weight is 356 g/mol. The third-order valence-corrected chi connectivity index (χ3v) is 4.79. The summed E-state index contributed by atoms with van der Waals surface area (Å²) < 4.78 is 10.8. The number of fused-ring (bicyclic) bond motifs is 1. The van der Waals surface area contributed by atoms with E-state index in [9.17, 15) is 9.59 Å². The van der Waals surface area contributed by atoms with E-state index in [2.05, 4.69) is 10.5 Å². The van der Waals surface area contributed by atoms with Crippen LogP contribution >= 0.6 is 0 Å². The molecule has 1 fully saturated rings. The number of carbonyl (C=O) groups is 2. The van der Waals surface area contributed by atoms with Gasteiger partial charge >= 0.3 is 6.03 Å². The number of likely N-dealkylation sites (tertiary alicyclic amines) is 1. The summed E-state index contributed by atoms with van der Waals surface area (Å²) in [5, 5.41) is 6.83. The highest BCUT2D eigenvalue weighted by atomic mass is 16.5. The predicted molar refractivity (Wildman–Crippen MR) is 94.3 cm³/mol. The van der Waals surface area contributed by atoms with E-state index < -0.39 is 0 Å². The minimum atomic E-state index is -0.202. The Morgan fingerprint density at radius 1 is 1.35 bits per heavy atom. The van der Waals surface area contributed by atoms with Gasteiger partial charge in [-0.2, -0.15) is 0 Å². The summed E-state index contributed by atoms with van der Waals surface area (Å²) in [6.07, 6.45) is 1.75. The maximum Gasteiger partial charge on any atom is 0.322 e. The molecular weight excluding hydrogens is 336 g/mol. The second-order valence-electron chi connectivity index (χ2n) is 6.58. The number of benzene rings is 1. The molecule has 0 saturated carbocycles. The van der Waals surface area contributed by atoms with Gasteiger partial charge < -0.3 is 24.4 Å². The summed E-state index contributed by atoms with van der Waals surface area (Å²) in [7, 11) is 1.69. The SMILES string of the molecule is Cc1cc([C@@H]2CCCN2C(=O)Nc2ccc3c(c2)N(C)C(=O)CO3)on1. The number of aromatic nitrogens is 1. The van der Waals surface area contributed by atoms with Crippen molar-refractivity contribution < 1.29 is 18.8 Å². The highest BCUT2D eigenvalue weighted by Gasteiger charge is 2.33. The minimum absolute atomic E-state index is 0.0290. The summed E-state index contributed by atoms with van der Waals surface area (Å²) in [4.78, 5) is 27.8. The minimum Gasteiger partial charge on any atom is -0.482 e. The monoisotopic (exact) mass is 356 g/mol. The van der Waals surface area contributed by atoms with Crippen molar-refractivity contribution in [3.05, 3.63) is 35.7 Å². The zero-order chi connectivity index (χ0) is 18.3. The molecular formula is C18H20N4O4. The number of carbonyl (C=O) groups excluding carboxylic acids is 2. The molecule has 3 heterocycles. The first-order valence-electron chi connectivity index (χ1n) is 8.57. The molecule has 2 aliphatic rings. The number of urea groups is 1. The standard InChI is InChI=1S/C18H20N4O4/c1-11-8-16(26-20-11)13-4-3-7-22(13)18(24)19-12-5-6-15-14(9-12)21(2)17(23)10-25-15/h5-6,8-9,13H,3-4,7,10H2,1-2H3,(H,19,24)/t13-/m0/s1. The van der Waals surface area contributed by atoms with E-state index in [4.69, 9.17) is 9.26 Å². The fraction of sp³-hybridized carbons (Fsp3) is 0.389. The number of nitrogens with one attached hydrogen (secondary N) is 1. The van der Waals surface area contributed by atoms with Crippen LogP contribution in [0.15, 0.2) is 28.8 Å². The number of hydrogen-bond acceptors (Lipinski definition) is 5. The van der Waals surface area contributed by atoms with Gasteiger partial charge in [0.15, 0.2) is 12.4 Å². The lowest BCUT2D eigenvalue weighted by atomic mass is 10.1. The Labute approximate surface area is 150 Å². The third kappa shape index (κ3) is 2.87. The molecule has 0 spiro atoms. The topological polar surface area (TPSA) is 87.9 Å². The van der Waals surface area contributed by atoms with Gasteiger partial charge in [0.1, 0.15) is 5.75 Å². The van der Waals surface area contributed by atoms with Gasteiger partial charge in [0.25, 0.3) is 5.91 Å². The van der Waals surface area contributed by atoms with Crippen LogP contribution < -0.4 is 15.0 Å². The molecule has 1 aromatic carbocycles. The number of ether oxygens (including phenoxy) is 1. The molecule has 26 heavy (non-hydrogen) atoms. The summed E-state index contributed by atoms with van der Waals surface area (Å²) >= 11 is 0. The Kier molecular flexibility index (Phi) is 4.02. The maximum atomic E-state index is 12.8. The molecule has 136 valence electrons. The van der Waals surface area contributed by atoms with Crippen LogP contribution in [0.25, 0.3) is 0 Å². The van der Waals surface area contributed by atoms with Crippen molar-refractivity contribution in [2.45, 2.75) is 25.8 Å². The van der Waals surface area contributed by atoms with Crippen LogP contribution in [0.5, 0.6) is 5.75 Å². The molecule has 1 aromatic heterocycles. The molecule has 4 rings (SSSR count). The largest absolute Gasteiger partial charge is 0.482 e. The lowest BCUT2D eigenvalue weighted by Crippen LogP contribution is -2.36. The van der Waals surface area contributed by atoms with Gasteiger partial charge in [-0.1, -0.05) is 5.16 Å². The van der Waals surface area contributed by atoms with Crippen molar-refractivity contribution in [2.24, 2.45) is 0 Å². The van der Waals surface area contributed by atoms with E-state index in [1.807, 2.05) is 13.0 Å². The number of likely N-dealkylation sites (N-methyl/N-ethyl adjacent to an activating group) is 1. The predicted octanol–water partition coefficient (Wildman–Crippen LogP) is 2.71. The fourth-order valence-electron chi connectivity index (χ4n) is 3.39. The van der Waals surface area contributed by atoms with E-state index in [1.54, 1.807) is 30.1 Å². The average Bonchev–Trinajstić information content (AvgIpc) is 3.27. The Balaban J connectivity index is 1.52. The smallest absolute Gasteiger partial charge is 0.322 e. The van der Waals surface area contributed by atoms with Crippen molar-refractivity contribution in [3.8, 4) is 5.75 Å². The molecule has 2 aliphatic heterocycles. The van der Waals surface area contributed by atoms with Crippen LogP contribution in [0.1, 0.15) is 30.3 Å². The number of aryl methyl sites for hydroxylation is 1. The fourth-order valence-corrected chi connectivity index (χ4v) is 3.39. The molecule has 0 aliphatic carbocycles. The first kappa shape index (κ1) is 16.4. The van der Waals surface area contributed by atoms with Crippen molar-refractivity contribution in [1.82, 2.24) is 10.1 Å². The second kappa shape index (κ2) is 6.36. The summed E-state index contributed by atoms with van der Waals surface area (Å²) in [6.45, 7) is 2.54. The number of rotatable bonds is 2. The van der Waals surface area contributed by atoms with E-state index in [0.29, 0.717) is 29.4 Å². The lowest BCUT2D eigenvalue weighted by molar-refractivity contribution is -0.120. The molecule has 0 radical (unpaired) electrons. The highest BCUT2D eigenvalue weighted by molar-refractivity contribution is 5.99. The van der Waals surface area contributed by atoms with Gasteiger partial charge in [-0.25, -0.2) is 4.79 Å². The van der Waals surface area contributed by atoms with Crippen molar-refractivity contribution in [1.29, 1.82) is 0 Å². The van der Waals surface area contributed by atoms with Gasteiger partial charge in [0.2, 0.25) is 0 Å². The summed E-state index contributed by atoms with van der Waals surface area (Å²) in [5.74, 6) is 1.21. The van der Waals surface area contributed by atoms with E-state index >= 15 is 0 Å². The van der Waals surface area contributed by atoms with Gasteiger partial charge in [0.05, 0.1) is 17.4 Å². The normalized spacial score (nSPS) is 19.3. The highest BCUT2D eigenvalue weighted by Crippen LogP contribution is 2.35. The van der Waals surface area contributed by atoms with Crippen LogP contribution in [0.4, 0.5) is 16.2 Å². The summed E-state index contributed by atoms with van der Waals surface area (Å²) in [6, 6.07) is 6.83. The molecule has 8 heteroatoms.